The van der Waals surface area contributed by atoms with Crippen molar-refractivity contribution in [3.8, 4) is 0 Å². The fourth-order valence-electron chi connectivity index (χ4n) is 0.959. The van der Waals surface area contributed by atoms with Crippen LogP contribution in [0.25, 0.3) is 0 Å². The second kappa shape index (κ2) is 5.57. The first kappa shape index (κ1) is 10.9. The van der Waals surface area contributed by atoms with Gasteiger partial charge in [0.2, 0.25) is 0 Å². The molecule has 0 saturated carbocycles. The zero-order valence-electron chi connectivity index (χ0n) is 7.66. The van der Waals surface area contributed by atoms with Gasteiger partial charge in [0.15, 0.2) is 0 Å². The summed E-state index contributed by atoms with van der Waals surface area (Å²) in [6, 6.07) is 1.58. The van der Waals surface area contributed by atoms with Gasteiger partial charge in [-0.25, -0.2) is 0 Å². The molecule has 0 aliphatic carbocycles. The highest BCUT2D eigenvalue weighted by Gasteiger charge is 2.08. The van der Waals surface area contributed by atoms with E-state index in [2.05, 4.69) is 10.3 Å². The van der Waals surface area contributed by atoms with Gasteiger partial charge in [-0.05, 0) is 19.0 Å². The van der Waals surface area contributed by atoms with Crippen LogP contribution in [-0.2, 0) is 0 Å². The van der Waals surface area contributed by atoms with Crippen molar-refractivity contribution in [2.24, 2.45) is 5.73 Å². The van der Waals surface area contributed by atoms with E-state index in [1.165, 1.54) is 12.4 Å². The van der Waals surface area contributed by atoms with Crippen LogP contribution >= 0.6 is 11.6 Å². The summed E-state index contributed by atoms with van der Waals surface area (Å²) >= 11 is 5.78. The fraction of sp³-hybridized carbons (Fsp3) is 0.333. The third-order valence-corrected chi connectivity index (χ3v) is 1.98. The normalized spacial score (nSPS) is 9.86. The minimum atomic E-state index is -0.189. The van der Waals surface area contributed by atoms with Crippen molar-refractivity contribution >= 4 is 17.5 Å². The Morgan fingerprint density at radius 2 is 2.43 bits per heavy atom. The number of pyridine rings is 1. The summed E-state index contributed by atoms with van der Waals surface area (Å²) < 4.78 is 0. The molecule has 4 nitrogen and oxygen atoms in total. The molecule has 0 spiro atoms. The lowest BCUT2D eigenvalue weighted by Gasteiger charge is -2.04. The largest absolute Gasteiger partial charge is 0.352 e. The molecule has 0 saturated heterocycles. The number of nitrogens with two attached hydrogens (primary N) is 1. The molecule has 5 heteroatoms. The Labute approximate surface area is 87.5 Å². The molecular formula is C9H12ClN3O. The number of carbonyl (C=O) groups excluding carboxylic acids is 1. The summed E-state index contributed by atoms with van der Waals surface area (Å²) in [7, 11) is 0. The molecule has 0 atom stereocenters. The molecule has 0 fully saturated rings. The van der Waals surface area contributed by atoms with Gasteiger partial charge in [-0.3, -0.25) is 9.78 Å². The second-order valence-corrected chi connectivity index (χ2v) is 3.16. The summed E-state index contributed by atoms with van der Waals surface area (Å²) in [5.41, 5.74) is 5.74. The van der Waals surface area contributed by atoms with E-state index in [9.17, 15) is 4.79 Å². The monoisotopic (exact) mass is 213 g/mol. The van der Waals surface area contributed by atoms with Gasteiger partial charge in [-0.1, -0.05) is 11.6 Å². The van der Waals surface area contributed by atoms with E-state index < -0.39 is 0 Å². The Hall–Kier alpha value is -1.13. The van der Waals surface area contributed by atoms with Crippen LogP contribution in [-0.4, -0.2) is 24.0 Å². The molecule has 1 aromatic rings. The molecule has 0 aliphatic heterocycles. The first-order valence-corrected chi connectivity index (χ1v) is 4.71. The number of carbonyl (C=O) groups is 1. The third-order valence-electron chi connectivity index (χ3n) is 1.68. The number of amides is 1. The molecule has 1 amide bonds. The van der Waals surface area contributed by atoms with E-state index in [0.717, 1.165) is 6.42 Å². The minimum Gasteiger partial charge on any atom is -0.352 e. The average molecular weight is 214 g/mol. The minimum absolute atomic E-state index is 0.189. The summed E-state index contributed by atoms with van der Waals surface area (Å²) in [4.78, 5) is 15.3. The van der Waals surface area contributed by atoms with Gasteiger partial charge in [-0.2, -0.15) is 0 Å². The SMILES string of the molecule is NCCCNC(=O)c1ccncc1Cl. The Bertz CT molecular complexity index is 317. The highest BCUT2D eigenvalue weighted by atomic mass is 35.5. The van der Waals surface area contributed by atoms with Gasteiger partial charge >= 0.3 is 0 Å². The van der Waals surface area contributed by atoms with Crippen LogP contribution in [0.15, 0.2) is 18.5 Å². The van der Waals surface area contributed by atoms with Crippen molar-refractivity contribution in [1.82, 2.24) is 10.3 Å². The second-order valence-electron chi connectivity index (χ2n) is 2.75. The molecule has 14 heavy (non-hydrogen) atoms. The van der Waals surface area contributed by atoms with Gasteiger partial charge in [-0.15, -0.1) is 0 Å². The molecule has 0 unspecified atom stereocenters. The third kappa shape index (κ3) is 2.97. The van der Waals surface area contributed by atoms with Crippen molar-refractivity contribution in [3.63, 3.8) is 0 Å². The number of nitrogens with one attached hydrogen (secondary N) is 1. The quantitative estimate of drug-likeness (QED) is 0.728. The standard InChI is InChI=1S/C9H12ClN3O/c10-8-6-12-5-2-7(8)9(14)13-4-1-3-11/h2,5-6H,1,3-4,11H2,(H,13,14). The zero-order chi connectivity index (χ0) is 10.4. The molecule has 1 rings (SSSR count). The number of aromatic nitrogens is 1. The van der Waals surface area contributed by atoms with Crippen LogP contribution < -0.4 is 11.1 Å². The van der Waals surface area contributed by atoms with Crippen LogP contribution in [0.3, 0.4) is 0 Å². The van der Waals surface area contributed by atoms with E-state index in [0.29, 0.717) is 23.7 Å². The number of halogens is 1. The molecule has 0 aromatic carbocycles. The summed E-state index contributed by atoms with van der Waals surface area (Å²) in [5.74, 6) is -0.189. The molecule has 0 bridgehead atoms. The van der Waals surface area contributed by atoms with Gasteiger partial charge in [0.05, 0.1) is 10.6 Å². The van der Waals surface area contributed by atoms with Gasteiger partial charge < -0.3 is 11.1 Å². The van der Waals surface area contributed by atoms with Crippen LogP contribution in [0.1, 0.15) is 16.8 Å². The number of hydrogen-bond acceptors (Lipinski definition) is 3. The first-order chi connectivity index (χ1) is 6.75. The molecule has 1 heterocycles. The summed E-state index contributed by atoms with van der Waals surface area (Å²) in [6.07, 6.45) is 3.73. The zero-order valence-corrected chi connectivity index (χ0v) is 8.42. The molecule has 0 radical (unpaired) electrons. The average Bonchev–Trinajstić information content (AvgIpc) is 2.18. The van der Waals surface area contributed by atoms with Crippen molar-refractivity contribution in [1.29, 1.82) is 0 Å². The van der Waals surface area contributed by atoms with Crippen molar-refractivity contribution in [2.75, 3.05) is 13.1 Å². The lowest BCUT2D eigenvalue weighted by Crippen LogP contribution is -2.26. The summed E-state index contributed by atoms with van der Waals surface area (Å²) in [5, 5.41) is 3.07. The topological polar surface area (TPSA) is 68.0 Å². The van der Waals surface area contributed by atoms with Crippen LogP contribution in [0.4, 0.5) is 0 Å². The first-order valence-electron chi connectivity index (χ1n) is 4.33. The number of nitrogens with zero attached hydrogens (tertiary/aromatic N) is 1. The molecule has 76 valence electrons. The van der Waals surface area contributed by atoms with E-state index >= 15 is 0 Å². The Balaban J connectivity index is 2.56. The van der Waals surface area contributed by atoms with E-state index in [1.807, 2.05) is 0 Å². The van der Waals surface area contributed by atoms with E-state index in [4.69, 9.17) is 17.3 Å². The van der Waals surface area contributed by atoms with Crippen LogP contribution in [0.5, 0.6) is 0 Å². The molecule has 0 aliphatic rings. The lowest BCUT2D eigenvalue weighted by atomic mass is 10.2. The maximum Gasteiger partial charge on any atom is 0.252 e. The predicted molar refractivity (Wildman–Crippen MR) is 55.3 cm³/mol. The number of rotatable bonds is 4. The van der Waals surface area contributed by atoms with E-state index in [1.54, 1.807) is 6.07 Å². The number of hydrogen-bond donors (Lipinski definition) is 2. The summed E-state index contributed by atoms with van der Waals surface area (Å²) in [6.45, 7) is 1.12. The van der Waals surface area contributed by atoms with Crippen molar-refractivity contribution in [3.05, 3.63) is 29.0 Å². The van der Waals surface area contributed by atoms with Crippen molar-refractivity contribution in [2.45, 2.75) is 6.42 Å². The van der Waals surface area contributed by atoms with Crippen LogP contribution in [0, 0.1) is 0 Å². The highest BCUT2D eigenvalue weighted by molar-refractivity contribution is 6.33. The Morgan fingerprint density at radius 1 is 1.64 bits per heavy atom. The molecule has 1 aromatic heterocycles. The molecular weight excluding hydrogens is 202 g/mol. The maximum absolute atomic E-state index is 11.5. The van der Waals surface area contributed by atoms with Gasteiger partial charge in [0, 0.05) is 18.9 Å². The Kier molecular flexibility index (Phi) is 4.35. The van der Waals surface area contributed by atoms with E-state index in [-0.39, 0.29) is 5.91 Å². The lowest BCUT2D eigenvalue weighted by molar-refractivity contribution is 0.0953. The van der Waals surface area contributed by atoms with Crippen molar-refractivity contribution < 1.29 is 4.79 Å². The van der Waals surface area contributed by atoms with Gasteiger partial charge in [0.1, 0.15) is 0 Å². The fourth-order valence-corrected chi connectivity index (χ4v) is 1.16. The predicted octanol–water partition coefficient (Wildman–Crippen LogP) is 0.814. The smallest absolute Gasteiger partial charge is 0.252 e. The van der Waals surface area contributed by atoms with Crippen LogP contribution in [0.2, 0.25) is 5.02 Å². The van der Waals surface area contributed by atoms with Gasteiger partial charge in [0.25, 0.3) is 5.91 Å². The Morgan fingerprint density at radius 3 is 3.07 bits per heavy atom. The molecule has 3 N–H and O–H groups in total. The highest BCUT2D eigenvalue weighted by Crippen LogP contribution is 2.12. The maximum atomic E-state index is 11.5.